The zero-order chi connectivity index (χ0) is 13.1. The monoisotopic (exact) mass is 249 g/mol. The second kappa shape index (κ2) is 5.03. The van der Waals surface area contributed by atoms with Gasteiger partial charge >= 0.3 is 0 Å². The number of carbonyl (C=O) groups excluding carboxylic acids is 1. The van der Waals surface area contributed by atoms with Crippen LogP contribution in [0.2, 0.25) is 0 Å². The minimum absolute atomic E-state index is 0.0181. The highest BCUT2D eigenvalue weighted by atomic mass is 16.6. The zero-order valence-electron chi connectivity index (χ0n) is 10.2. The van der Waals surface area contributed by atoms with E-state index in [1.54, 1.807) is 18.0 Å². The van der Waals surface area contributed by atoms with Gasteiger partial charge in [-0.15, -0.1) is 0 Å². The van der Waals surface area contributed by atoms with Crippen LogP contribution in [0.25, 0.3) is 0 Å². The topological polar surface area (TPSA) is 75.5 Å². The molecule has 0 saturated carbocycles. The van der Waals surface area contributed by atoms with Gasteiger partial charge in [-0.2, -0.15) is 0 Å². The maximum Gasteiger partial charge on any atom is 0.292 e. The molecule has 0 bridgehead atoms. The van der Waals surface area contributed by atoms with Gasteiger partial charge in [-0.25, -0.2) is 0 Å². The van der Waals surface area contributed by atoms with Crippen LogP contribution < -0.4 is 5.32 Å². The first-order valence-corrected chi connectivity index (χ1v) is 5.89. The van der Waals surface area contributed by atoms with Crippen LogP contribution in [0.3, 0.4) is 0 Å². The molecule has 1 N–H and O–H groups in total. The number of hydrogen-bond acceptors (Lipinski definition) is 4. The van der Waals surface area contributed by atoms with Crippen molar-refractivity contribution in [1.82, 2.24) is 4.90 Å². The number of amides is 1. The Hall–Kier alpha value is -2.11. The van der Waals surface area contributed by atoms with Gasteiger partial charge in [0.1, 0.15) is 5.69 Å². The van der Waals surface area contributed by atoms with Gasteiger partial charge in [-0.1, -0.05) is 0 Å². The number of carbonyl (C=O) groups is 1. The Morgan fingerprint density at radius 1 is 1.39 bits per heavy atom. The maximum atomic E-state index is 12.1. The van der Waals surface area contributed by atoms with Crippen molar-refractivity contribution in [2.45, 2.75) is 12.8 Å². The molecule has 0 unspecified atom stereocenters. The van der Waals surface area contributed by atoms with E-state index in [-0.39, 0.29) is 11.6 Å². The quantitative estimate of drug-likeness (QED) is 0.655. The van der Waals surface area contributed by atoms with Gasteiger partial charge < -0.3 is 10.2 Å². The third-order valence-corrected chi connectivity index (χ3v) is 3.10. The van der Waals surface area contributed by atoms with Crippen LogP contribution in [0.4, 0.5) is 11.4 Å². The molecule has 1 fully saturated rings. The molecule has 0 radical (unpaired) electrons. The van der Waals surface area contributed by atoms with E-state index in [4.69, 9.17) is 0 Å². The zero-order valence-corrected chi connectivity index (χ0v) is 10.2. The van der Waals surface area contributed by atoms with E-state index in [1.807, 2.05) is 0 Å². The summed E-state index contributed by atoms with van der Waals surface area (Å²) in [5.74, 6) is -0.0566. The van der Waals surface area contributed by atoms with E-state index in [2.05, 4.69) is 5.32 Å². The van der Waals surface area contributed by atoms with Gasteiger partial charge in [-0.05, 0) is 25.0 Å². The third kappa shape index (κ3) is 2.27. The van der Waals surface area contributed by atoms with Crippen molar-refractivity contribution >= 4 is 17.3 Å². The third-order valence-electron chi connectivity index (χ3n) is 3.10. The number of hydrogen-bond donors (Lipinski definition) is 1. The van der Waals surface area contributed by atoms with Crippen LogP contribution in [0.5, 0.6) is 0 Å². The number of nitrogens with one attached hydrogen (secondary N) is 1. The van der Waals surface area contributed by atoms with Crippen LogP contribution >= 0.6 is 0 Å². The van der Waals surface area contributed by atoms with E-state index in [0.29, 0.717) is 11.3 Å². The summed E-state index contributed by atoms with van der Waals surface area (Å²) in [6, 6.07) is 4.42. The van der Waals surface area contributed by atoms with E-state index < -0.39 is 4.92 Å². The van der Waals surface area contributed by atoms with Crippen LogP contribution in [-0.4, -0.2) is 35.9 Å². The molecule has 1 amide bonds. The fourth-order valence-corrected chi connectivity index (χ4v) is 2.13. The number of rotatable bonds is 3. The molecule has 6 heteroatoms. The summed E-state index contributed by atoms with van der Waals surface area (Å²) >= 11 is 0. The molecule has 1 aliphatic heterocycles. The van der Waals surface area contributed by atoms with Gasteiger partial charge in [0, 0.05) is 31.8 Å². The van der Waals surface area contributed by atoms with Crippen molar-refractivity contribution in [3.63, 3.8) is 0 Å². The molecule has 6 nitrogen and oxygen atoms in total. The summed E-state index contributed by atoms with van der Waals surface area (Å²) in [4.78, 5) is 24.2. The fraction of sp³-hybridized carbons (Fsp3) is 0.417. The Labute approximate surface area is 105 Å². The first-order valence-electron chi connectivity index (χ1n) is 5.89. The summed E-state index contributed by atoms with van der Waals surface area (Å²) in [6.07, 6.45) is 2.05. The summed E-state index contributed by atoms with van der Waals surface area (Å²) < 4.78 is 0. The molecule has 1 aliphatic rings. The average molecular weight is 249 g/mol. The van der Waals surface area contributed by atoms with Crippen molar-refractivity contribution in [2.24, 2.45) is 0 Å². The predicted octanol–water partition coefficient (Wildman–Crippen LogP) is 1.87. The van der Waals surface area contributed by atoms with Crippen LogP contribution in [0, 0.1) is 10.1 Å². The lowest BCUT2D eigenvalue weighted by molar-refractivity contribution is -0.383. The van der Waals surface area contributed by atoms with Gasteiger partial charge in [0.05, 0.1) is 4.92 Å². The highest BCUT2D eigenvalue weighted by Gasteiger charge is 2.22. The first-order chi connectivity index (χ1) is 8.63. The molecule has 1 aromatic carbocycles. The molecular formula is C12H15N3O3. The lowest BCUT2D eigenvalue weighted by atomic mass is 10.1. The van der Waals surface area contributed by atoms with Crippen molar-refractivity contribution < 1.29 is 9.72 Å². The predicted molar refractivity (Wildman–Crippen MR) is 67.8 cm³/mol. The normalized spacial score (nSPS) is 14.6. The van der Waals surface area contributed by atoms with Crippen LogP contribution in [0.15, 0.2) is 18.2 Å². The summed E-state index contributed by atoms with van der Waals surface area (Å²) in [5.41, 5.74) is 0.840. The molecule has 1 aromatic rings. The summed E-state index contributed by atoms with van der Waals surface area (Å²) in [5, 5.41) is 13.5. The summed E-state index contributed by atoms with van der Waals surface area (Å²) in [6.45, 7) is 1.54. The smallest absolute Gasteiger partial charge is 0.292 e. The Morgan fingerprint density at radius 2 is 2.06 bits per heavy atom. The van der Waals surface area contributed by atoms with E-state index in [0.717, 1.165) is 25.9 Å². The number of nitro groups is 1. The van der Waals surface area contributed by atoms with Crippen molar-refractivity contribution in [3.05, 3.63) is 33.9 Å². The Morgan fingerprint density at radius 3 is 2.61 bits per heavy atom. The number of anilines is 1. The van der Waals surface area contributed by atoms with Gasteiger partial charge in [0.25, 0.3) is 11.6 Å². The van der Waals surface area contributed by atoms with Crippen molar-refractivity contribution in [3.8, 4) is 0 Å². The van der Waals surface area contributed by atoms with E-state index >= 15 is 0 Å². The molecule has 96 valence electrons. The number of benzene rings is 1. The van der Waals surface area contributed by atoms with Gasteiger partial charge in [-0.3, -0.25) is 14.9 Å². The number of likely N-dealkylation sites (tertiary alicyclic amines) is 1. The Bertz CT molecular complexity index is 481. The van der Waals surface area contributed by atoms with Crippen molar-refractivity contribution in [2.75, 3.05) is 25.5 Å². The Balaban J connectivity index is 2.29. The lowest BCUT2D eigenvalue weighted by Gasteiger charge is -2.15. The second-order valence-corrected chi connectivity index (χ2v) is 4.24. The van der Waals surface area contributed by atoms with E-state index in [1.165, 1.54) is 12.1 Å². The molecule has 2 rings (SSSR count). The number of nitro benzene ring substituents is 1. The van der Waals surface area contributed by atoms with E-state index in [9.17, 15) is 14.9 Å². The average Bonchev–Trinajstić information content (AvgIpc) is 2.90. The maximum absolute atomic E-state index is 12.1. The molecular weight excluding hydrogens is 234 g/mol. The van der Waals surface area contributed by atoms with Crippen LogP contribution in [0.1, 0.15) is 23.2 Å². The standard InChI is InChI=1S/C12H15N3O3/c1-13-10-8-9(4-5-11(10)15(17)18)12(16)14-6-2-3-7-14/h4-5,8,13H,2-3,6-7H2,1H3. The van der Waals surface area contributed by atoms with Gasteiger partial charge in [0.15, 0.2) is 0 Å². The first kappa shape index (κ1) is 12.3. The fourth-order valence-electron chi connectivity index (χ4n) is 2.13. The van der Waals surface area contributed by atoms with Crippen molar-refractivity contribution in [1.29, 1.82) is 0 Å². The van der Waals surface area contributed by atoms with Crippen LogP contribution in [-0.2, 0) is 0 Å². The molecule has 1 heterocycles. The molecule has 0 spiro atoms. The molecule has 1 saturated heterocycles. The minimum atomic E-state index is -0.462. The lowest BCUT2D eigenvalue weighted by Crippen LogP contribution is -2.27. The molecule has 18 heavy (non-hydrogen) atoms. The minimum Gasteiger partial charge on any atom is -0.383 e. The Kier molecular flexibility index (Phi) is 3.45. The van der Waals surface area contributed by atoms with Gasteiger partial charge in [0.2, 0.25) is 0 Å². The number of nitrogens with zero attached hydrogens (tertiary/aromatic N) is 2. The molecule has 0 aliphatic carbocycles. The largest absolute Gasteiger partial charge is 0.383 e. The molecule has 0 atom stereocenters. The second-order valence-electron chi connectivity index (χ2n) is 4.24. The highest BCUT2D eigenvalue weighted by molar-refractivity contribution is 5.96. The molecule has 0 aromatic heterocycles. The SMILES string of the molecule is CNc1cc(C(=O)N2CCCC2)ccc1[N+](=O)[O-]. The highest BCUT2D eigenvalue weighted by Crippen LogP contribution is 2.26. The summed E-state index contributed by atoms with van der Waals surface area (Å²) in [7, 11) is 1.60.